The number of halogens is 1. The summed E-state index contributed by atoms with van der Waals surface area (Å²) in [5.41, 5.74) is -0.957. The fourth-order valence-corrected chi connectivity index (χ4v) is 4.81. The number of carboxylic acids is 1. The van der Waals surface area contributed by atoms with Crippen LogP contribution in [0.2, 0.25) is 5.02 Å². The summed E-state index contributed by atoms with van der Waals surface area (Å²) in [5.74, 6) is -1.13. The van der Waals surface area contributed by atoms with Crippen molar-refractivity contribution in [2.45, 2.75) is 37.1 Å². The van der Waals surface area contributed by atoms with Crippen LogP contribution < -0.4 is 0 Å². The average Bonchev–Trinajstić information content (AvgIpc) is 2.77. The van der Waals surface area contributed by atoms with Gasteiger partial charge in [0.25, 0.3) is 0 Å². The molecule has 1 saturated heterocycles. The third kappa shape index (κ3) is 2.21. The van der Waals surface area contributed by atoms with Gasteiger partial charge in [-0.05, 0) is 44.4 Å². The molecule has 0 aliphatic carbocycles. The SMILES string of the molecule is Cc1c(Cl)cccc1S(=O)(=O)N1CCC[C@]1(C)C(=O)O. The van der Waals surface area contributed by atoms with Crippen molar-refractivity contribution in [3.8, 4) is 0 Å². The first-order chi connectivity index (χ1) is 9.21. The van der Waals surface area contributed by atoms with Crippen LogP contribution in [0.3, 0.4) is 0 Å². The van der Waals surface area contributed by atoms with Gasteiger partial charge in [-0.2, -0.15) is 4.31 Å². The summed E-state index contributed by atoms with van der Waals surface area (Å²) in [4.78, 5) is 11.5. The Kier molecular flexibility index (Phi) is 3.83. The summed E-state index contributed by atoms with van der Waals surface area (Å²) < 4.78 is 26.5. The number of sulfonamides is 1. The van der Waals surface area contributed by atoms with E-state index in [1.54, 1.807) is 19.1 Å². The summed E-state index contributed by atoms with van der Waals surface area (Å²) >= 11 is 5.96. The molecule has 0 amide bonds. The van der Waals surface area contributed by atoms with Crippen LogP contribution in [0.4, 0.5) is 0 Å². The zero-order chi connectivity index (χ0) is 15.1. The van der Waals surface area contributed by atoms with Crippen molar-refractivity contribution < 1.29 is 18.3 Å². The molecule has 1 heterocycles. The molecule has 0 saturated carbocycles. The number of rotatable bonds is 3. The lowest BCUT2D eigenvalue weighted by Gasteiger charge is -2.30. The van der Waals surface area contributed by atoms with Gasteiger partial charge in [0.05, 0.1) is 4.90 Å². The van der Waals surface area contributed by atoms with Crippen LogP contribution >= 0.6 is 11.6 Å². The van der Waals surface area contributed by atoms with Gasteiger partial charge in [0.2, 0.25) is 10.0 Å². The van der Waals surface area contributed by atoms with Gasteiger partial charge in [-0.3, -0.25) is 4.79 Å². The second-order valence-corrected chi connectivity index (χ2v) is 7.36. The first kappa shape index (κ1) is 15.3. The van der Waals surface area contributed by atoms with E-state index >= 15 is 0 Å². The molecular weight excluding hydrogens is 302 g/mol. The Balaban J connectivity index is 2.56. The predicted octanol–water partition coefficient (Wildman–Crippen LogP) is 2.28. The van der Waals surface area contributed by atoms with E-state index in [-0.39, 0.29) is 11.4 Å². The molecule has 1 aromatic rings. The van der Waals surface area contributed by atoms with Gasteiger partial charge in [0.15, 0.2) is 0 Å². The predicted molar refractivity (Wildman–Crippen MR) is 75.4 cm³/mol. The van der Waals surface area contributed by atoms with E-state index in [9.17, 15) is 18.3 Å². The maximum atomic E-state index is 12.7. The minimum absolute atomic E-state index is 0.0689. The summed E-state index contributed by atoms with van der Waals surface area (Å²) in [6.07, 6.45) is 0.836. The number of hydrogen-bond acceptors (Lipinski definition) is 3. The normalized spacial score (nSPS) is 23.9. The third-order valence-electron chi connectivity index (χ3n) is 3.82. The molecule has 2 rings (SSSR count). The van der Waals surface area contributed by atoms with Crippen molar-refractivity contribution in [1.29, 1.82) is 0 Å². The van der Waals surface area contributed by atoms with Gasteiger partial charge >= 0.3 is 5.97 Å². The van der Waals surface area contributed by atoms with Crippen LogP contribution in [-0.2, 0) is 14.8 Å². The van der Waals surface area contributed by atoms with E-state index in [1.165, 1.54) is 13.0 Å². The Labute approximate surface area is 123 Å². The number of carboxylic acid groups (broad SMARTS) is 1. The molecule has 0 radical (unpaired) electrons. The summed E-state index contributed by atoms with van der Waals surface area (Å²) in [7, 11) is -3.88. The van der Waals surface area contributed by atoms with E-state index in [0.717, 1.165) is 4.31 Å². The summed E-state index contributed by atoms with van der Waals surface area (Å²) in [5, 5.41) is 9.69. The number of carbonyl (C=O) groups is 1. The van der Waals surface area contributed by atoms with Gasteiger partial charge < -0.3 is 5.11 Å². The van der Waals surface area contributed by atoms with Gasteiger partial charge in [-0.1, -0.05) is 17.7 Å². The van der Waals surface area contributed by atoms with Crippen molar-refractivity contribution in [3.05, 3.63) is 28.8 Å². The molecule has 20 heavy (non-hydrogen) atoms. The minimum Gasteiger partial charge on any atom is -0.480 e. The lowest BCUT2D eigenvalue weighted by atomic mass is 10.0. The molecule has 0 bridgehead atoms. The molecule has 0 spiro atoms. The molecule has 1 N–H and O–H groups in total. The highest BCUT2D eigenvalue weighted by Crippen LogP contribution is 2.36. The molecular formula is C13H16ClNO4S. The molecule has 1 aromatic carbocycles. The molecule has 1 fully saturated rings. The molecule has 0 unspecified atom stereocenters. The standard InChI is InChI=1S/C13H16ClNO4S/c1-9-10(14)5-3-6-11(9)20(18,19)15-8-4-7-13(15,2)12(16)17/h3,5-6H,4,7-8H2,1-2H3,(H,16,17)/t13-/m1/s1. The molecule has 1 aliphatic rings. The number of aliphatic carboxylic acids is 1. The van der Waals surface area contributed by atoms with Crippen LogP contribution in [0.1, 0.15) is 25.3 Å². The molecule has 1 atom stereocenters. The van der Waals surface area contributed by atoms with Crippen molar-refractivity contribution in [2.75, 3.05) is 6.54 Å². The van der Waals surface area contributed by atoms with Crippen molar-refractivity contribution in [2.24, 2.45) is 0 Å². The van der Waals surface area contributed by atoms with E-state index in [4.69, 9.17) is 11.6 Å². The summed E-state index contributed by atoms with van der Waals surface area (Å²) in [6.45, 7) is 3.26. The van der Waals surface area contributed by atoms with E-state index in [0.29, 0.717) is 23.4 Å². The third-order valence-corrected chi connectivity index (χ3v) is 6.40. The van der Waals surface area contributed by atoms with Crippen LogP contribution in [0, 0.1) is 6.92 Å². The number of benzene rings is 1. The zero-order valence-corrected chi connectivity index (χ0v) is 12.8. The van der Waals surface area contributed by atoms with Gasteiger partial charge in [0.1, 0.15) is 5.54 Å². The number of nitrogens with zero attached hydrogens (tertiary/aromatic N) is 1. The monoisotopic (exact) mass is 317 g/mol. The molecule has 0 aromatic heterocycles. The van der Waals surface area contributed by atoms with Crippen molar-refractivity contribution in [3.63, 3.8) is 0 Å². The smallest absolute Gasteiger partial charge is 0.324 e. The largest absolute Gasteiger partial charge is 0.480 e. The van der Waals surface area contributed by atoms with Gasteiger partial charge in [-0.15, -0.1) is 0 Å². The minimum atomic E-state index is -3.88. The van der Waals surface area contributed by atoms with E-state index in [1.807, 2.05) is 0 Å². The topological polar surface area (TPSA) is 74.7 Å². The molecule has 7 heteroatoms. The maximum absolute atomic E-state index is 12.7. The molecule has 5 nitrogen and oxygen atoms in total. The second kappa shape index (κ2) is 5.02. The van der Waals surface area contributed by atoms with Crippen molar-refractivity contribution in [1.82, 2.24) is 4.31 Å². The highest BCUT2D eigenvalue weighted by atomic mass is 35.5. The summed E-state index contributed by atoms with van der Waals surface area (Å²) in [6, 6.07) is 4.61. The Morgan fingerprint density at radius 1 is 1.45 bits per heavy atom. The quantitative estimate of drug-likeness (QED) is 0.928. The zero-order valence-electron chi connectivity index (χ0n) is 11.3. The van der Waals surface area contributed by atoms with Gasteiger partial charge in [0, 0.05) is 11.6 Å². The highest BCUT2D eigenvalue weighted by molar-refractivity contribution is 7.89. The van der Waals surface area contributed by atoms with Gasteiger partial charge in [-0.25, -0.2) is 8.42 Å². The van der Waals surface area contributed by atoms with E-state index < -0.39 is 21.5 Å². The molecule has 110 valence electrons. The fourth-order valence-electron chi connectivity index (χ4n) is 2.52. The fraction of sp³-hybridized carbons (Fsp3) is 0.462. The lowest BCUT2D eigenvalue weighted by Crippen LogP contribution is -2.50. The Bertz CT molecular complexity index is 658. The van der Waals surface area contributed by atoms with Crippen molar-refractivity contribution >= 4 is 27.6 Å². The maximum Gasteiger partial charge on any atom is 0.324 e. The average molecular weight is 318 g/mol. The number of hydrogen-bond donors (Lipinski definition) is 1. The lowest BCUT2D eigenvalue weighted by molar-refractivity contribution is -0.146. The van der Waals surface area contributed by atoms with Crippen LogP contribution in [0.25, 0.3) is 0 Å². The first-order valence-corrected chi connectivity index (χ1v) is 8.04. The van der Waals surface area contributed by atoms with Crippen LogP contribution in [0.15, 0.2) is 23.1 Å². The van der Waals surface area contributed by atoms with Crippen LogP contribution in [-0.4, -0.2) is 35.9 Å². The molecule has 1 aliphatic heterocycles. The first-order valence-electron chi connectivity index (χ1n) is 6.22. The van der Waals surface area contributed by atoms with E-state index in [2.05, 4.69) is 0 Å². The second-order valence-electron chi connectivity index (χ2n) is 5.12. The Morgan fingerprint density at radius 2 is 2.10 bits per heavy atom. The Hall–Kier alpha value is -1.11. The Morgan fingerprint density at radius 3 is 2.70 bits per heavy atom. The van der Waals surface area contributed by atoms with Crippen LogP contribution in [0.5, 0.6) is 0 Å². The highest BCUT2D eigenvalue weighted by Gasteiger charge is 2.50.